The van der Waals surface area contributed by atoms with Crippen LogP contribution in [0.25, 0.3) is 0 Å². The molecule has 0 saturated heterocycles. The van der Waals surface area contributed by atoms with Gasteiger partial charge in [-0.15, -0.1) is 0 Å². The number of hydrogen-bond acceptors (Lipinski definition) is 4. The Kier molecular flexibility index (Phi) is 4.26. The lowest BCUT2D eigenvalue weighted by atomic mass is 10.1. The Hall–Kier alpha value is -2.63. The van der Waals surface area contributed by atoms with Gasteiger partial charge in [-0.1, -0.05) is 30.3 Å². The molecule has 0 bridgehead atoms. The second-order valence-corrected chi connectivity index (χ2v) is 7.39. The van der Waals surface area contributed by atoms with Crippen molar-refractivity contribution in [2.24, 2.45) is 5.92 Å². The topological polar surface area (TPSA) is 69.3 Å². The van der Waals surface area contributed by atoms with Crippen molar-refractivity contribution in [3.05, 3.63) is 57.5 Å². The molecule has 6 nitrogen and oxygen atoms in total. The number of amides is 1. The van der Waals surface area contributed by atoms with Gasteiger partial charge in [0, 0.05) is 45.1 Å². The van der Waals surface area contributed by atoms with Gasteiger partial charge in [-0.25, -0.2) is 4.98 Å². The highest BCUT2D eigenvalue weighted by atomic mass is 16.2. The monoisotopic (exact) mass is 352 g/mol. The number of rotatable bonds is 3. The maximum Gasteiger partial charge on any atom is 0.255 e. The van der Waals surface area contributed by atoms with E-state index in [2.05, 4.69) is 22.1 Å². The number of nitrogens with one attached hydrogen (secondary N) is 1. The lowest BCUT2D eigenvalue weighted by molar-refractivity contribution is -0.132. The molecule has 2 atom stereocenters. The summed E-state index contributed by atoms with van der Waals surface area (Å²) in [7, 11) is 3.71. The smallest absolute Gasteiger partial charge is 0.255 e. The summed E-state index contributed by atoms with van der Waals surface area (Å²) in [6.45, 7) is 1.23. The molecule has 2 aliphatic rings. The highest BCUT2D eigenvalue weighted by Gasteiger charge is 2.45. The van der Waals surface area contributed by atoms with Gasteiger partial charge in [0.15, 0.2) is 0 Å². The van der Waals surface area contributed by atoms with E-state index in [4.69, 9.17) is 0 Å². The van der Waals surface area contributed by atoms with Crippen LogP contribution in [-0.4, -0.2) is 48.0 Å². The minimum Gasteiger partial charge on any atom is -0.348 e. The zero-order valence-electron chi connectivity index (χ0n) is 15.2. The van der Waals surface area contributed by atoms with Gasteiger partial charge in [-0.2, -0.15) is 0 Å². The molecular weight excluding hydrogens is 328 g/mol. The summed E-state index contributed by atoms with van der Waals surface area (Å²) in [4.78, 5) is 36.4. The van der Waals surface area contributed by atoms with Crippen molar-refractivity contribution >= 4 is 11.9 Å². The van der Waals surface area contributed by atoms with Crippen LogP contribution in [0.15, 0.2) is 35.1 Å². The van der Waals surface area contributed by atoms with E-state index in [1.807, 2.05) is 37.2 Å². The van der Waals surface area contributed by atoms with Crippen LogP contribution in [0.3, 0.4) is 0 Å². The molecule has 1 saturated carbocycles. The Morgan fingerprint density at radius 3 is 2.65 bits per heavy atom. The molecule has 1 aromatic carbocycles. The maximum atomic E-state index is 12.9. The van der Waals surface area contributed by atoms with Gasteiger partial charge in [0.1, 0.15) is 0 Å². The Balaban J connectivity index is 1.47. The van der Waals surface area contributed by atoms with E-state index in [0.717, 1.165) is 17.7 Å². The molecule has 26 heavy (non-hydrogen) atoms. The number of H-pyrrole nitrogens is 1. The van der Waals surface area contributed by atoms with Gasteiger partial charge in [-0.3, -0.25) is 14.6 Å². The molecule has 4 rings (SSSR count). The molecule has 1 fully saturated rings. The number of nitrogens with zero attached hydrogens (tertiary/aromatic N) is 3. The van der Waals surface area contributed by atoms with E-state index >= 15 is 0 Å². The molecule has 0 spiro atoms. The number of aromatic nitrogens is 2. The number of anilines is 1. The van der Waals surface area contributed by atoms with Crippen molar-refractivity contribution in [3.63, 3.8) is 0 Å². The average molecular weight is 352 g/mol. The largest absolute Gasteiger partial charge is 0.348 e. The zero-order chi connectivity index (χ0) is 18.3. The van der Waals surface area contributed by atoms with Crippen LogP contribution in [0.5, 0.6) is 0 Å². The van der Waals surface area contributed by atoms with Gasteiger partial charge < -0.3 is 9.80 Å². The third-order valence-electron chi connectivity index (χ3n) is 5.41. The van der Waals surface area contributed by atoms with Crippen LogP contribution in [-0.2, 0) is 17.6 Å². The fourth-order valence-corrected chi connectivity index (χ4v) is 3.80. The number of carbonyl (C=O) groups excluding carboxylic acids is 1. The molecule has 0 unspecified atom stereocenters. The zero-order valence-corrected chi connectivity index (χ0v) is 15.2. The fourth-order valence-electron chi connectivity index (χ4n) is 3.80. The van der Waals surface area contributed by atoms with E-state index < -0.39 is 0 Å². The molecule has 6 heteroatoms. The molecule has 0 radical (unpaired) electrons. The Labute approximate surface area is 152 Å². The van der Waals surface area contributed by atoms with Crippen molar-refractivity contribution in [1.82, 2.24) is 14.9 Å². The normalized spacial score (nSPS) is 21.7. The van der Waals surface area contributed by atoms with Gasteiger partial charge in [-0.05, 0) is 24.3 Å². The van der Waals surface area contributed by atoms with Crippen LogP contribution in [0, 0.1) is 5.92 Å². The van der Waals surface area contributed by atoms with E-state index in [1.165, 1.54) is 5.56 Å². The highest BCUT2D eigenvalue weighted by molar-refractivity contribution is 5.83. The molecule has 1 aliphatic carbocycles. The third kappa shape index (κ3) is 3.11. The quantitative estimate of drug-likeness (QED) is 0.910. The Bertz CT molecular complexity index is 875. The number of benzene rings is 1. The predicted molar refractivity (Wildman–Crippen MR) is 100 cm³/mol. The summed E-state index contributed by atoms with van der Waals surface area (Å²) >= 11 is 0. The van der Waals surface area contributed by atoms with Crippen LogP contribution in [0.2, 0.25) is 0 Å². The van der Waals surface area contributed by atoms with Gasteiger partial charge >= 0.3 is 0 Å². The first-order valence-corrected chi connectivity index (χ1v) is 9.17. The summed E-state index contributed by atoms with van der Waals surface area (Å²) in [6.07, 6.45) is 2.13. The maximum absolute atomic E-state index is 12.9. The predicted octanol–water partition coefficient (Wildman–Crippen LogP) is 1.57. The minimum absolute atomic E-state index is 0.0819. The van der Waals surface area contributed by atoms with Gasteiger partial charge in [0.05, 0.1) is 5.69 Å². The highest BCUT2D eigenvalue weighted by Crippen LogP contribution is 2.48. The van der Waals surface area contributed by atoms with Crippen LogP contribution >= 0.6 is 0 Å². The lowest BCUT2D eigenvalue weighted by Crippen LogP contribution is -2.35. The van der Waals surface area contributed by atoms with E-state index in [9.17, 15) is 9.59 Å². The SMILES string of the molecule is CN(C)c1nc2c(c(=O)[nH]1)CCN(C(=O)[C@@H]1C[C@H]1c1ccccc1)CC2. The lowest BCUT2D eigenvalue weighted by Gasteiger charge is -2.20. The molecule has 2 heterocycles. The van der Waals surface area contributed by atoms with Crippen LogP contribution < -0.4 is 10.5 Å². The fraction of sp³-hybridized carbons (Fsp3) is 0.450. The van der Waals surface area contributed by atoms with Crippen molar-refractivity contribution < 1.29 is 4.79 Å². The first-order valence-electron chi connectivity index (χ1n) is 9.17. The molecule has 1 aromatic heterocycles. The van der Waals surface area contributed by atoms with E-state index in [1.54, 1.807) is 4.90 Å². The van der Waals surface area contributed by atoms with Crippen molar-refractivity contribution in [1.29, 1.82) is 0 Å². The second-order valence-electron chi connectivity index (χ2n) is 7.39. The number of fused-ring (bicyclic) bond motifs is 1. The number of carbonyl (C=O) groups is 1. The summed E-state index contributed by atoms with van der Waals surface area (Å²) in [5.41, 5.74) is 2.71. The van der Waals surface area contributed by atoms with Crippen molar-refractivity contribution in [2.75, 3.05) is 32.1 Å². The molecule has 136 valence electrons. The van der Waals surface area contributed by atoms with Gasteiger partial charge in [0.2, 0.25) is 11.9 Å². The van der Waals surface area contributed by atoms with Crippen LogP contribution in [0.1, 0.15) is 29.2 Å². The van der Waals surface area contributed by atoms with E-state index in [-0.39, 0.29) is 17.4 Å². The molecule has 2 aromatic rings. The molecule has 1 N–H and O–H groups in total. The number of aromatic amines is 1. The van der Waals surface area contributed by atoms with Crippen LogP contribution in [0.4, 0.5) is 5.95 Å². The minimum atomic E-state index is -0.0819. The summed E-state index contributed by atoms with van der Waals surface area (Å²) in [5.74, 6) is 1.22. The Morgan fingerprint density at radius 1 is 1.19 bits per heavy atom. The summed E-state index contributed by atoms with van der Waals surface area (Å²) < 4.78 is 0. The third-order valence-corrected chi connectivity index (χ3v) is 5.41. The molecule has 1 aliphatic heterocycles. The Morgan fingerprint density at radius 2 is 1.92 bits per heavy atom. The van der Waals surface area contributed by atoms with E-state index in [0.29, 0.717) is 37.8 Å². The standard InChI is InChI=1S/C20H24N4O2/c1-23(2)20-21-17-9-11-24(10-8-14(17)18(25)22-20)19(26)16-12-15(16)13-6-4-3-5-7-13/h3-7,15-16H,8-12H2,1-2H3,(H,21,22,25)/t15-,16+/m0/s1. The first kappa shape index (κ1) is 16.8. The summed E-state index contributed by atoms with van der Waals surface area (Å²) in [6, 6.07) is 10.3. The van der Waals surface area contributed by atoms with Crippen molar-refractivity contribution in [2.45, 2.75) is 25.2 Å². The first-order chi connectivity index (χ1) is 12.5. The number of hydrogen-bond donors (Lipinski definition) is 1. The van der Waals surface area contributed by atoms with Crippen molar-refractivity contribution in [3.8, 4) is 0 Å². The summed E-state index contributed by atoms with van der Waals surface area (Å²) in [5, 5.41) is 0. The average Bonchev–Trinajstić information content (AvgIpc) is 3.45. The molecule has 1 amide bonds. The second kappa shape index (κ2) is 6.59. The van der Waals surface area contributed by atoms with Gasteiger partial charge in [0.25, 0.3) is 5.56 Å². The molecular formula is C20H24N4O2.